The van der Waals surface area contributed by atoms with E-state index in [0.717, 1.165) is 89.9 Å². The minimum absolute atomic E-state index is 0.00947. The van der Waals surface area contributed by atoms with Crippen molar-refractivity contribution in [3.63, 3.8) is 0 Å². The van der Waals surface area contributed by atoms with Gasteiger partial charge >= 0.3 is 25.7 Å². The molecule has 588 valence electrons. The summed E-state index contributed by atoms with van der Waals surface area (Å²) in [7, 11) is -5.70. The second-order valence-corrected chi connectivity index (χ2v) is 29.8. The number of phosphoric ester groups is 1. The fourth-order valence-corrected chi connectivity index (χ4v) is 14.1. The molecule has 0 amide bonds. The molecule has 2 aliphatic heterocycles. The fourth-order valence-electron chi connectivity index (χ4n) is 13.1. The zero-order valence-electron chi connectivity index (χ0n) is 61.5. The maximum Gasteiger partial charge on any atom is 0.472 e. The molecule has 0 bridgehead atoms. The Morgan fingerprint density at radius 1 is 0.380 bits per heavy atom. The molecule has 24 nitrogen and oxygen atoms in total. The Kier molecular flexibility index (Phi) is 52.3. The molecule has 0 radical (unpaired) electrons. The third-order valence-electron chi connectivity index (χ3n) is 19.5. The Labute approximate surface area is 599 Å². The van der Waals surface area contributed by atoms with Crippen molar-refractivity contribution in [2.45, 2.75) is 420 Å². The number of aliphatic hydroxyl groups is 10. The molecule has 18 unspecified atom stereocenters. The summed E-state index contributed by atoms with van der Waals surface area (Å²) in [6.07, 6.45) is 16.9. The lowest BCUT2D eigenvalue weighted by molar-refractivity contribution is -0.360. The van der Waals surface area contributed by atoms with E-state index in [9.17, 15) is 74.9 Å². The lowest BCUT2D eigenvalue weighted by Crippen LogP contribution is -2.69. The number of phosphoric acid groups is 1. The van der Waals surface area contributed by atoms with E-state index in [4.69, 9.17) is 42.2 Å². The normalized spacial score (nSPS) is 27.3. The predicted molar refractivity (Wildman–Crippen MR) is 379 cm³/mol. The molecule has 0 aromatic rings. The summed E-state index contributed by atoms with van der Waals surface area (Å²) < 4.78 is 65.1. The van der Waals surface area contributed by atoms with Crippen molar-refractivity contribution in [3.8, 4) is 0 Å². The maximum atomic E-state index is 14.4. The van der Waals surface area contributed by atoms with E-state index < -0.39 is 156 Å². The SMILES string of the molecule is CCCCCCCC/C=C\CCCCCC(=O)OCC1OC(OC2C(O)C(O)C(O)C(OC3OC(CO)C(O)C(O)C3O)C2OP(=O)(O)OCC(COC(=O)CCCCCCCCCCCCCCCCCCC)OC(=O)CCCCCCCCCCCCCCCCC)C(O)C(O)C1O. The van der Waals surface area contributed by atoms with Gasteiger partial charge in [-0.25, -0.2) is 4.57 Å². The molecule has 2 heterocycles. The van der Waals surface area contributed by atoms with Crippen LogP contribution in [0, 0.1) is 0 Å². The summed E-state index contributed by atoms with van der Waals surface area (Å²) in [4.78, 5) is 51.1. The van der Waals surface area contributed by atoms with Crippen LogP contribution < -0.4 is 0 Å². The molecule has 0 spiro atoms. The predicted octanol–water partition coefficient (Wildman–Crippen LogP) is 11.5. The lowest BCUT2D eigenvalue weighted by atomic mass is 9.84. The Morgan fingerprint density at radius 3 is 1.09 bits per heavy atom. The summed E-state index contributed by atoms with van der Waals surface area (Å²) in [6.45, 7) is 3.47. The third-order valence-corrected chi connectivity index (χ3v) is 20.5. The largest absolute Gasteiger partial charge is 0.472 e. The number of carbonyl (C=O) groups excluding carboxylic acids is 3. The van der Waals surface area contributed by atoms with E-state index in [-0.39, 0.29) is 19.3 Å². The van der Waals surface area contributed by atoms with Gasteiger partial charge in [0.05, 0.1) is 13.2 Å². The third kappa shape index (κ3) is 39.3. The van der Waals surface area contributed by atoms with Gasteiger partial charge in [0.1, 0.15) is 98.7 Å². The van der Waals surface area contributed by atoms with Gasteiger partial charge in [0.25, 0.3) is 0 Å². The van der Waals surface area contributed by atoms with Crippen molar-refractivity contribution in [1.29, 1.82) is 0 Å². The van der Waals surface area contributed by atoms with Crippen LogP contribution in [-0.4, -0.2) is 204 Å². The topological polar surface area (TPSA) is 374 Å². The number of unbranched alkanes of at least 4 members (excludes halogenated alkanes) is 39. The smallest absolute Gasteiger partial charge is 0.463 e. The molecule has 0 aromatic heterocycles. The highest BCUT2D eigenvalue weighted by Gasteiger charge is 2.58. The second kappa shape index (κ2) is 57.0. The van der Waals surface area contributed by atoms with Crippen LogP contribution in [0.1, 0.15) is 316 Å². The van der Waals surface area contributed by atoms with Gasteiger partial charge in [0.2, 0.25) is 0 Å². The van der Waals surface area contributed by atoms with E-state index in [2.05, 4.69) is 32.9 Å². The Bertz CT molecular complexity index is 2110. The number of carbonyl (C=O) groups is 3. The first-order valence-corrected chi connectivity index (χ1v) is 41.0. The van der Waals surface area contributed by atoms with Crippen molar-refractivity contribution in [1.82, 2.24) is 0 Å². The van der Waals surface area contributed by atoms with Crippen LogP contribution in [0.4, 0.5) is 0 Å². The van der Waals surface area contributed by atoms with Gasteiger partial charge in [0, 0.05) is 19.3 Å². The van der Waals surface area contributed by atoms with Crippen molar-refractivity contribution in [3.05, 3.63) is 12.2 Å². The summed E-state index contributed by atoms with van der Waals surface area (Å²) in [5.74, 6) is -1.99. The van der Waals surface area contributed by atoms with Crippen molar-refractivity contribution in [2.75, 3.05) is 26.4 Å². The molecule has 3 aliphatic rings. The highest BCUT2D eigenvalue weighted by Crippen LogP contribution is 2.49. The van der Waals surface area contributed by atoms with Crippen LogP contribution in [0.25, 0.3) is 0 Å². The fraction of sp³-hybridized carbons (Fsp3) is 0.933. The molecule has 11 N–H and O–H groups in total. The molecule has 2 saturated heterocycles. The van der Waals surface area contributed by atoms with Gasteiger partial charge in [-0.2, -0.15) is 0 Å². The highest BCUT2D eigenvalue weighted by atomic mass is 31.2. The number of ether oxygens (including phenoxy) is 7. The summed E-state index contributed by atoms with van der Waals surface area (Å²) in [5.41, 5.74) is 0. The van der Waals surface area contributed by atoms with Gasteiger partial charge in [-0.15, -0.1) is 0 Å². The van der Waals surface area contributed by atoms with E-state index in [1.54, 1.807) is 0 Å². The Balaban J connectivity index is 1.72. The summed E-state index contributed by atoms with van der Waals surface area (Å²) in [5, 5.41) is 110. The van der Waals surface area contributed by atoms with Crippen LogP contribution in [0.3, 0.4) is 0 Å². The lowest BCUT2D eigenvalue weighted by Gasteiger charge is -2.49. The number of aliphatic hydroxyl groups excluding tert-OH is 10. The molecule has 3 fully saturated rings. The average Bonchev–Trinajstić information content (AvgIpc) is 0.762. The van der Waals surface area contributed by atoms with E-state index >= 15 is 0 Å². The molecule has 3 rings (SSSR count). The molecule has 1 aliphatic carbocycles. The van der Waals surface area contributed by atoms with Gasteiger partial charge in [-0.3, -0.25) is 23.4 Å². The number of allylic oxidation sites excluding steroid dienone is 2. The standard InChI is InChI=1S/C75H139O24P/c1-4-7-10-13-16-19-22-25-27-28-30-32-35-37-40-43-46-49-59(77)91-53-56(94-61(79)51-48-45-42-39-36-33-29-26-23-20-17-14-11-8-5-2)54-93-100(89,90)99-73-71(97-74-69(87)64(82)62(80)57(52-76)95-74)67(85)66(84)68(86)72(73)98-75-70(88)65(83)63(81)58(96-75)55-92-60(78)50-47-44-41-38-34-31-24-21-18-15-12-9-6-3/h31,34,56-58,62-76,80-88H,4-30,32-33,35-55H2,1-3H3,(H,89,90)/b34-31-. The number of rotatable bonds is 62. The highest BCUT2D eigenvalue weighted by molar-refractivity contribution is 7.47. The summed E-state index contributed by atoms with van der Waals surface area (Å²) in [6, 6.07) is 0. The van der Waals surface area contributed by atoms with Crippen molar-refractivity contribution >= 4 is 25.7 Å². The molecule has 0 aromatic carbocycles. The van der Waals surface area contributed by atoms with Crippen LogP contribution in [0.2, 0.25) is 0 Å². The monoisotopic (exact) mass is 1450 g/mol. The molecule has 100 heavy (non-hydrogen) atoms. The molecule has 25 heteroatoms. The van der Waals surface area contributed by atoms with E-state index in [1.165, 1.54) is 167 Å². The first-order chi connectivity index (χ1) is 48.3. The van der Waals surface area contributed by atoms with Gasteiger partial charge in [-0.1, -0.05) is 264 Å². The quantitative estimate of drug-likeness (QED) is 0.00886. The van der Waals surface area contributed by atoms with Crippen molar-refractivity contribution < 1.29 is 117 Å². The number of hydrogen-bond donors (Lipinski definition) is 11. The number of hydrogen-bond acceptors (Lipinski definition) is 23. The first kappa shape index (κ1) is 91.9. The zero-order chi connectivity index (χ0) is 73.2. The van der Waals surface area contributed by atoms with E-state index in [1.807, 2.05) is 0 Å². The molecular formula is C75H139O24P. The first-order valence-electron chi connectivity index (χ1n) is 39.5. The van der Waals surface area contributed by atoms with E-state index in [0.29, 0.717) is 19.3 Å². The van der Waals surface area contributed by atoms with Crippen LogP contribution >= 0.6 is 7.82 Å². The number of esters is 3. The molecular weight excluding hydrogens is 1320 g/mol. The summed E-state index contributed by atoms with van der Waals surface area (Å²) >= 11 is 0. The van der Waals surface area contributed by atoms with Gasteiger partial charge in [-0.05, 0) is 44.9 Å². The Hall–Kier alpha value is -2.30. The van der Waals surface area contributed by atoms with Crippen LogP contribution in [0.5, 0.6) is 0 Å². The van der Waals surface area contributed by atoms with Gasteiger partial charge in [0.15, 0.2) is 18.7 Å². The second-order valence-electron chi connectivity index (χ2n) is 28.4. The zero-order valence-corrected chi connectivity index (χ0v) is 62.4. The Morgan fingerprint density at radius 2 is 0.700 bits per heavy atom. The van der Waals surface area contributed by atoms with Crippen molar-refractivity contribution in [2.24, 2.45) is 0 Å². The van der Waals surface area contributed by atoms with Crippen LogP contribution in [-0.2, 0) is 61.2 Å². The minimum Gasteiger partial charge on any atom is -0.463 e. The van der Waals surface area contributed by atoms with Crippen LogP contribution in [0.15, 0.2) is 12.2 Å². The minimum atomic E-state index is -5.70. The average molecular weight is 1460 g/mol. The maximum absolute atomic E-state index is 14.4. The molecule has 18 atom stereocenters. The molecule has 1 saturated carbocycles. The van der Waals surface area contributed by atoms with Gasteiger partial charge < -0.3 is 89.1 Å².